The molecular weight excluding hydrogens is 164 g/mol. The molecule has 1 aliphatic carbocycles. The monoisotopic (exact) mass is 178 g/mol. The highest BCUT2D eigenvalue weighted by atomic mass is 16.5. The Balaban J connectivity index is 2.65. The van der Waals surface area contributed by atoms with E-state index in [1.54, 1.807) is 0 Å². The van der Waals surface area contributed by atoms with Crippen molar-refractivity contribution in [1.82, 2.24) is 0 Å². The van der Waals surface area contributed by atoms with Crippen molar-refractivity contribution >= 4 is 0 Å². The van der Waals surface area contributed by atoms with Gasteiger partial charge in [-0.15, -0.1) is 0 Å². The Labute approximate surface area is 70.2 Å². The molecule has 0 saturated heterocycles. The van der Waals surface area contributed by atoms with Crippen molar-refractivity contribution in [1.29, 1.82) is 0 Å². The van der Waals surface area contributed by atoms with Crippen LogP contribution in [0, 0.1) is 0 Å². The zero-order chi connectivity index (χ0) is 9.30. The zero-order valence-electron chi connectivity index (χ0n) is 6.79. The summed E-state index contributed by atoms with van der Waals surface area (Å²) in [6, 6.07) is 0. The molecule has 12 heavy (non-hydrogen) atoms. The molecule has 0 aromatic carbocycles. The highest BCUT2D eigenvalue weighted by Gasteiger charge is 2.42. The van der Waals surface area contributed by atoms with Crippen LogP contribution < -0.4 is 0 Å². The molecule has 1 rings (SSSR count). The summed E-state index contributed by atoms with van der Waals surface area (Å²) < 4.78 is 4.76. The van der Waals surface area contributed by atoms with Crippen LogP contribution in [0.5, 0.6) is 0 Å². The largest absolute Gasteiger partial charge is 0.390 e. The van der Waals surface area contributed by atoms with Crippen LogP contribution in [0.1, 0.15) is 6.42 Å². The van der Waals surface area contributed by atoms with Crippen LogP contribution in [0.25, 0.3) is 0 Å². The van der Waals surface area contributed by atoms with Gasteiger partial charge in [-0.05, 0) is 0 Å². The third-order valence-corrected chi connectivity index (χ3v) is 2.22. The lowest BCUT2D eigenvalue weighted by Gasteiger charge is -2.37. The van der Waals surface area contributed by atoms with Crippen LogP contribution in [0.15, 0.2) is 0 Å². The number of rotatable bonds is 1. The van der Waals surface area contributed by atoms with Crippen molar-refractivity contribution in [3.05, 3.63) is 0 Å². The lowest BCUT2D eigenvalue weighted by Crippen LogP contribution is -2.56. The first-order chi connectivity index (χ1) is 5.57. The lowest BCUT2D eigenvalue weighted by atomic mass is 9.87. The molecule has 1 unspecified atom stereocenters. The normalized spacial score (nSPS) is 49.2. The molecule has 0 heterocycles. The first-order valence-electron chi connectivity index (χ1n) is 3.83. The number of hydrogen-bond donors (Lipinski definition) is 4. The van der Waals surface area contributed by atoms with E-state index in [9.17, 15) is 15.3 Å². The lowest BCUT2D eigenvalue weighted by molar-refractivity contribution is -0.185. The summed E-state index contributed by atoms with van der Waals surface area (Å²) in [5.41, 5.74) is 0. The molecule has 5 heteroatoms. The molecule has 1 aliphatic rings. The predicted molar refractivity (Wildman–Crippen MR) is 39.4 cm³/mol. The summed E-state index contributed by atoms with van der Waals surface area (Å²) >= 11 is 0. The number of hydrogen-bond acceptors (Lipinski definition) is 5. The fraction of sp³-hybridized carbons (Fsp3) is 1.00. The number of methoxy groups -OCH3 is 1. The second-order valence-electron chi connectivity index (χ2n) is 3.05. The van der Waals surface area contributed by atoms with Crippen molar-refractivity contribution in [2.75, 3.05) is 7.11 Å². The predicted octanol–water partition coefficient (Wildman–Crippen LogP) is -2.15. The van der Waals surface area contributed by atoms with Gasteiger partial charge in [-0.1, -0.05) is 0 Å². The van der Waals surface area contributed by atoms with Crippen LogP contribution in [-0.2, 0) is 4.74 Å². The van der Waals surface area contributed by atoms with Gasteiger partial charge in [0.25, 0.3) is 0 Å². The quantitative estimate of drug-likeness (QED) is 0.367. The van der Waals surface area contributed by atoms with Crippen LogP contribution in [-0.4, -0.2) is 58.1 Å². The van der Waals surface area contributed by atoms with E-state index in [-0.39, 0.29) is 6.42 Å². The fourth-order valence-electron chi connectivity index (χ4n) is 1.47. The second-order valence-corrected chi connectivity index (χ2v) is 3.05. The number of ether oxygens (including phenoxy) is 1. The Morgan fingerprint density at radius 2 is 1.58 bits per heavy atom. The molecule has 0 spiro atoms. The molecule has 0 aliphatic heterocycles. The van der Waals surface area contributed by atoms with Crippen molar-refractivity contribution in [3.63, 3.8) is 0 Å². The Morgan fingerprint density at radius 1 is 1.00 bits per heavy atom. The van der Waals surface area contributed by atoms with Gasteiger partial charge in [-0.25, -0.2) is 0 Å². The second kappa shape index (κ2) is 3.68. The first-order valence-corrected chi connectivity index (χ1v) is 3.83. The summed E-state index contributed by atoms with van der Waals surface area (Å²) in [4.78, 5) is 0. The molecule has 5 nitrogen and oxygen atoms in total. The van der Waals surface area contributed by atoms with E-state index in [2.05, 4.69) is 0 Å². The van der Waals surface area contributed by atoms with Crippen LogP contribution >= 0.6 is 0 Å². The Morgan fingerprint density at radius 3 is 2.08 bits per heavy atom. The zero-order valence-corrected chi connectivity index (χ0v) is 6.79. The smallest absolute Gasteiger partial charge is 0.112 e. The maximum absolute atomic E-state index is 9.28. The maximum atomic E-state index is 9.28. The molecule has 0 aromatic rings. The third kappa shape index (κ3) is 1.60. The van der Waals surface area contributed by atoms with Gasteiger partial charge < -0.3 is 25.2 Å². The minimum Gasteiger partial charge on any atom is -0.390 e. The van der Waals surface area contributed by atoms with Crippen LogP contribution in [0.2, 0.25) is 0 Å². The molecule has 5 atom stereocenters. The van der Waals surface area contributed by atoms with E-state index in [4.69, 9.17) is 9.84 Å². The van der Waals surface area contributed by atoms with Gasteiger partial charge >= 0.3 is 0 Å². The van der Waals surface area contributed by atoms with Gasteiger partial charge in [-0.3, -0.25) is 0 Å². The molecular formula is C7H14O5. The van der Waals surface area contributed by atoms with Crippen molar-refractivity contribution in [3.8, 4) is 0 Å². The van der Waals surface area contributed by atoms with Crippen molar-refractivity contribution < 1.29 is 25.2 Å². The Hall–Kier alpha value is -0.200. The van der Waals surface area contributed by atoms with Gasteiger partial charge in [0, 0.05) is 13.5 Å². The highest BCUT2D eigenvalue weighted by Crippen LogP contribution is 2.22. The molecule has 1 fully saturated rings. The molecule has 0 radical (unpaired) electrons. The van der Waals surface area contributed by atoms with Gasteiger partial charge in [0.05, 0.1) is 12.2 Å². The summed E-state index contributed by atoms with van der Waals surface area (Å²) in [7, 11) is 1.33. The standard InChI is InChI=1S/C7H14O5/c1-12-7-4(9)2-3(8)5(10)6(7)11/h3-11H,2H2,1H3/t3-,4+,5-,6?,7+/m0/s1. The topological polar surface area (TPSA) is 90.2 Å². The van der Waals surface area contributed by atoms with Crippen LogP contribution in [0.3, 0.4) is 0 Å². The number of aliphatic hydroxyl groups is 4. The van der Waals surface area contributed by atoms with Crippen molar-refractivity contribution in [2.45, 2.75) is 36.9 Å². The minimum atomic E-state index is -1.24. The molecule has 72 valence electrons. The SMILES string of the molecule is CO[C@H]1C(O)[C@@H](O)[C@@H](O)C[C@H]1O. The summed E-state index contributed by atoms with van der Waals surface area (Å²) in [6.45, 7) is 0. The summed E-state index contributed by atoms with van der Waals surface area (Å²) in [5, 5.41) is 36.8. The third-order valence-electron chi connectivity index (χ3n) is 2.22. The molecule has 0 amide bonds. The van der Waals surface area contributed by atoms with Gasteiger partial charge in [0.1, 0.15) is 18.3 Å². The summed E-state index contributed by atoms with van der Waals surface area (Å²) in [6.07, 6.45) is -5.27. The minimum absolute atomic E-state index is 0.0245. The number of aliphatic hydroxyl groups excluding tert-OH is 4. The van der Waals surface area contributed by atoms with Gasteiger partial charge in [0.2, 0.25) is 0 Å². The average Bonchev–Trinajstić information content (AvgIpc) is 2.01. The van der Waals surface area contributed by atoms with Gasteiger partial charge in [-0.2, -0.15) is 0 Å². The van der Waals surface area contributed by atoms with E-state index < -0.39 is 30.5 Å². The Bertz CT molecular complexity index is 151. The molecule has 0 aromatic heterocycles. The maximum Gasteiger partial charge on any atom is 0.112 e. The Kier molecular flexibility index (Phi) is 3.03. The molecule has 1 saturated carbocycles. The van der Waals surface area contributed by atoms with E-state index in [1.165, 1.54) is 7.11 Å². The van der Waals surface area contributed by atoms with Gasteiger partial charge in [0.15, 0.2) is 0 Å². The molecule has 4 N–H and O–H groups in total. The van der Waals surface area contributed by atoms with Crippen LogP contribution in [0.4, 0.5) is 0 Å². The molecule has 0 bridgehead atoms. The fourth-order valence-corrected chi connectivity index (χ4v) is 1.47. The van der Waals surface area contributed by atoms with E-state index >= 15 is 0 Å². The van der Waals surface area contributed by atoms with Crippen molar-refractivity contribution in [2.24, 2.45) is 0 Å². The van der Waals surface area contributed by atoms with E-state index in [0.717, 1.165) is 0 Å². The highest BCUT2D eigenvalue weighted by molar-refractivity contribution is 4.93. The van der Waals surface area contributed by atoms with E-state index in [0.29, 0.717) is 0 Å². The van der Waals surface area contributed by atoms with E-state index in [1.807, 2.05) is 0 Å². The average molecular weight is 178 g/mol. The summed E-state index contributed by atoms with van der Waals surface area (Å²) in [5.74, 6) is 0. The first kappa shape index (κ1) is 9.88.